The van der Waals surface area contributed by atoms with Gasteiger partial charge in [0.15, 0.2) is 0 Å². The molecular weight excluding hydrogens is 871 g/mol. The van der Waals surface area contributed by atoms with Gasteiger partial charge in [-0.05, 0) is 123 Å². The Labute approximate surface area is 434 Å². The van der Waals surface area contributed by atoms with Crippen molar-refractivity contribution in [3.8, 4) is 0 Å². The zero-order valence-corrected chi connectivity index (χ0v) is 47.6. The number of aliphatic hydroxyl groups is 1. The Balaban J connectivity index is 2.68. The van der Waals surface area contributed by atoms with Gasteiger partial charge in [-0.15, -0.1) is 0 Å². The first-order valence-electron chi connectivity index (χ1n) is 30.7. The molecule has 9 nitrogen and oxygen atoms in total. The van der Waals surface area contributed by atoms with Crippen molar-refractivity contribution in [3.05, 3.63) is 0 Å². The van der Waals surface area contributed by atoms with Crippen LogP contribution in [0.25, 0.3) is 0 Å². The quantitative estimate of drug-likeness (QED) is 0.0475. The molecule has 70 heavy (non-hydrogen) atoms. The van der Waals surface area contributed by atoms with Crippen molar-refractivity contribution in [2.24, 2.45) is 11.8 Å². The lowest BCUT2D eigenvalue weighted by atomic mass is 9.90. The molecule has 1 saturated heterocycles. The monoisotopic (exact) mass is 990 g/mol. The van der Waals surface area contributed by atoms with Gasteiger partial charge >= 0.3 is 11.9 Å². The summed E-state index contributed by atoms with van der Waals surface area (Å²) < 4.78 is 11.9. The summed E-state index contributed by atoms with van der Waals surface area (Å²) in [6.45, 7) is 14.8. The Kier molecular flexibility index (Phi) is 44.6. The number of carbonyl (C=O) groups excluding carboxylic acids is 3. The zero-order chi connectivity index (χ0) is 51.2. The van der Waals surface area contributed by atoms with Gasteiger partial charge in [-0.2, -0.15) is 0 Å². The molecule has 0 unspecified atom stereocenters. The summed E-state index contributed by atoms with van der Waals surface area (Å²) in [6.07, 6.45) is 46.0. The molecule has 1 N–H and O–H groups in total. The highest BCUT2D eigenvalue weighted by Gasteiger charge is 2.35. The molecule has 1 fully saturated rings. The number of hydrogen-bond acceptors (Lipinski definition) is 8. The van der Waals surface area contributed by atoms with E-state index in [0.29, 0.717) is 76.8 Å². The van der Waals surface area contributed by atoms with Gasteiger partial charge in [-0.3, -0.25) is 14.4 Å². The highest BCUT2D eigenvalue weighted by molar-refractivity contribution is 5.76. The molecule has 0 saturated carbocycles. The number of amides is 1. The Morgan fingerprint density at radius 1 is 0.457 bits per heavy atom. The molecule has 0 atom stereocenters. The van der Waals surface area contributed by atoms with Crippen molar-refractivity contribution >= 4 is 17.8 Å². The first-order valence-corrected chi connectivity index (χ1v) is 30.7. The van der Waals surface area contributed by atoms with Gasteiger partial charge in [0, 0.05) is 38.9 Å². The van der Waals surface area contributed by atoms with Crippen LogP contribution in [-0.4, -0.2) is 110 Å². The smallest absolute Gasteiger partial charge is 0.305 e. The van der Waals surface area contributed by atoms with Gasteiger partial charge in [-0.1, -0.05) is 195 Å². The van der Waals surface area contributed by atoms with E-state index in [2.05, 4.69) is 51.6 Å². The molecule has 9 heteroatoms. The molecule has 1 rings (SSSR count). The number of hydrogen-bond donors (Lipinski definition) is 1. The Morgan fingerprint density at radius 2 is 0.786 bits per heavy atom. The molecular formula is C61H119N3O6. The Bertz CT molecular complexity index is 1100. The third-order valence-electron chi connectivity index (χ3n) is 15.3. The van der Waals surface area contributed by atoms with Crippen LogP contribution >= 0.6 is 0 Å². The van der Waals surface area contributed by atoms with Crippen LogP contribution in [0.2, 0.25) is 0 Å². The molecule has 1 amide bonds. The second-order valence-corrected chi connectivity index (χ2v) is 22.6. The number of nitrogens with zero attached hydrogens (tertiary/aromatic N) is 3. The van der Waals surface area contributed by atoms with E-state index in [1.807, 2.05) is 4.90 Å². The minimum atomic E-state index is -0.821. The van der Waals surface area contributed by atoms with Crippen LogP contribution in [0.15, 0.2) is 0 Å². The highest BCUT2D eigenvalue weighted by Crippen LogP contribution is 2.26. The fourth-order valence-corrected chi connectivity index (χ4v) is 10.5. The lowest BCUT2D eigenvalue weighted by molar-refractivity contribution is -0.146. The third-order valence-corrected chi connectivity index (χ3v) is 15.3. The van der Waals surface area contributed by atoms with Crippen LogP contribution in [0.5, 0.6) is 0 Å². The molecule has 0 aromatic heterocycles. The predicted octanol–water partition coefficient (Wildman–Crippen LogP) is 15.8. The average molecular weight is 991 g/mol. The summed E-state index contributed by atoms with van der Waals surface area (Å²) >= 11 is 0. The minimum Gasteiger partial charge on any atom is -0.465 e. The Hall–Kier alpha value is -1.71. The van der Waals surface area contributed by atoms with Gasteiger partial charge in [0.2, 0.25) is 5.91 Å². The molecule has 0 aliphatic carbocycles. The highest BCUT2D eigenvalue weighted by atomic mass is 16.5. The minimum absolute atomic E-state index is 0.0503. The van der Waals surface area contributed by atoms with E-state index in [9.17, 15) is 19.5 Å². The fraction of sp³-hybridized carbons (Fsp3) is 0.951. The van der Waals surface area contributed by atoms with Gasteiger partial charge in [-0.25, -0.2) is 0 Å². The van der Waals surface area contributed by atoms with E-state index in [-0.39, 0.29) is 17.8 Å². The van der Waals surface area contributed by atoms with Gasteiger partial charge in [0.05, 0.1) is 18.8 Å². The molecule has 1 heterocycles. The maximum Gasteiger partial charge on any atom is 0.305 e. The zero-order valence-electron chi connectivity index (χ0n) is 47.6. The summed E-state index contributed by atoms with van der Waals surface area (Å²) in [5.74, 6) is 1.08. The molecule has 1 aliphatic rings. The van der Waals surface area contributed by atoms with Crippen LogP contribution in [-0.2, 0) is 23.9 Å². The predicted molar refractivity (Wildman–Crippen MR) is 297 cm³/mol. The maximum atomic E-state index is 13.0. The SMILES string of the molecule is CCCCCCCCC(CCCCCCCC)COC(=O)CCCCCN(CCCCCC(=O)OCC(CCCCCCCC)CCCCCCCC)CC1(O)CCN(C(=O)CCCCN(C)C)CC1. The van der Waals surface area contributed by atoms with E-state index in [0.717, 1.165) is 71.0 Å². The van der Waals surface area contributed by atoms with Crippen LogP contribution in [0, 0.1) is 11.8 Å². The summed E-state index contributed by atoms with van der Waals surface area (Å²) in [7, 11) is 4.14. The van der Waals surface area contributed by atoms with Crippen LogP contribution < -0.4 is 0 Å². The van der Waals surface area contributed by atoms with Crippen molar-refractivity contribution in [2.75, 3.05) is 66.6 Å². The lowest BCUT2D eigenvalue weighted by Crippen LogP contribution is -2.52. The summed E-state index contributed by atoms with van der Waals surface area (Å²) in [6, 6.07) is 0. The molecule has 0 spiro atoms. The van der Waals surface area contributed by atoms with Crippen LogP contribution in [0.1, 0.15) is 291 Å². The number of likely N-dealkylation sites (tertiary alicyclic amines) is 1. The molecule has 0 aromatic carbocycles. The second-order valence-electron chi connectivity index (χ2n) is 22.6. The van der Waals surface area contributed by atoms with E-state index < -0.39 is 5.60 Å². The fourth-order valence-electron chi connectivity index (χ4n) is 10.5. The van der Waals surface area contributed by atoms with Crippen molar-refractivity contribution in [2.45, 2.75) is 297 Å². The van der Waals surface area contributed by atoms with E-state index >= 15 is 0 Å². The normalized spacial score (nSPS) is 13.9. The summed E-state index contributed by atoms with van der Waals surface area (Å²) in [5.41, 5.74) is -0.821. The second kappa shape index (κ2) is 47.0. The topological polar surface area (TPSA) is 99.6 Å². The number of ether oxygens (including phenoxy) is 2. The standard InChI is InChI=1S/C61H119N3O6/c1-7-11-15-19-23-29-39-56(40-30-24-20-16-12-8-2)53-69-59(66)44-33-27-36-49-63(55-61(68)46-51-64(52-47-61)58(65)43-35-38-48-62(5)6)50-37-28-34-45-60(67)70-54-57(41-31-25-21-17-13-9-3)42-32-26-22-18-14-10-4/h56-57,68H,7-55H2,1-6H3. The number of unbranched alkanes of at least 4 members (excludes halogenated alkanes) is 25. The number of carbonyl (C=O) groups is 3. The number of piperidine rings is 1. The molecule has 414 valence electrons. The lowest BCUT2D eigenvalue weighted by Gasteiger charge is -2.41. The summed E-state index contributed by atoms with van der Waals surface area (Å²) in [5, 5.41) is 11.9. The molecule has 0 bridgehead atoms. The van der Waals surface area contributed by atoms with E-state index in [1.54, 1.807) is 0 Å². The van der Waals surface area contributed by atoms with Gasteiger partial charge in [0.1, 0.15) is 0 Å². The molecule has 1 aliphatic heterocycles. The first-order chi connectivity index (χ1) is 34.0. The van der Waals surface area contributed by atoms with Crippen LogP contribution in [0.4, 0.5) is 0 Å². The Morgan fingerprint density at radius 3 is 1.16 bits per heavy atom. The summed E-state index contributed by atoms with van der Waals surface area (Å²) in [4.78, 5) is 45.5. The maximum absolute atomic E-state index is 13.0. The van der Waals surface area contributed by atoms with Crippen molar-refractivity contribution in [3.63, 3.8) is 0 Å². The van der Waals surface area contributed by atoms with E-state index in [4.69, 9.17) is 9.47 Å². The van der Waals surface area contributed by atoms with Crippen molar-refractivity contribution in [1.82, 2.24) is 14.7 Å². The van der Waals surface area contributed by atoms with Gasteiger partial charge in [0.25, 0.3) is 0 Å². The number of rotatable bonds is 51. The molecule has 0 radical (unpaired) electrons. The van der Waals surface area contributed by atoms with E-state index in [1.165, 1.54) is 180 Å². The van der Waals surface area contributed by atoms with Crippen LogP contribution in [0.3, 0.4) is 0 Å². The first kappa shape index (κ1) is 66.3. The average Bonchev–Trinajstić information content (AvgIpc) is 3.34. The largest absolute Gasteiger partial charge is 0.465 e. The molecule has 0 aromatic rings. The van der Waals surface area contributed by atoms with Crippen molar-refractivity contribution in [1.29, 1.82) is 0 Å². The van der Waals surface area contributed by atoms with Gasteiger partial charge < -0.3 is 29.3 Å². The third kappa shape index (κ3) is 39.8. The number of esters is 2. The van der Waals surface area contributed by atoms with Crippen molar-refractivity contribution < 1.29 is 29.0 Å².